The second-order valence-corrected chi connectivity index (χ2v) is 12.1. The summed E-state index contributed by atoms with van der Waals surface area (Å²) in [4.78, 5) is 0. The van der Waals surface area contributed by atoms with Crippen molar-refractivity contribution in [2.45, 2.75) is 96.4 Å². The van der Waals surface area contributed by atoms with Gasteiger partial charge in [0.15, 0.2) is 0 Å². The Morgan fingerprint density at radius 2 is 1.07 bits per heavy atom. The van der Waals surface area contributed by atoms with Crippen molar-refractivity contribution >= 4 is 8.80 Å². The Kier molecular flexibility index (Phi) is 22.5. The smallest absolute Gasteiger partial charge is 0.500 e. The molecule has 0 fully saturated rings. The number of rotatable bonds is 21. The van der Waals surface area contributed by atoms with E-state index in [4.69, 9.17) is 13.3 Å². The molecule has 0 aliphatic rings. The molecule has 4 nitrogen and oxygen atoms in total. The normalized spacial score (nSPS) is 12.5. The summed E-state index contributed by atoms with van der Waals surface area (Å²) in [5.41, 5.74) is 0. The quantitative estimate of drug-likeness (QED) is 0.112. The predicted octanol–water partition coefficient (Wildman–Crippen LogP) is 3.59. The molecule has 0 aromatic heterocycles. The fraction of sp³-hybridized carbons (Fsp3) is 0.917. The molecule has 0 aliphatic heterocycles. The van der Waals surface area contributed by atoms with Gasteiger partial charge in [0.1, 0.15) is 0 Å². The Bertz CT molecular complexity index is 382. The molecule has 0 aromatic carbocycles. The van der Waals surface area contributed by atoms with Crippen LogP contribution in [0.15, 0.2) is 12.2 Å². The van der Waals surface area contributed by atoms with Gasteiger partial charge in [-0.3, -0.25) is 0 Å². The first-order chi connectivity index (χ1) is 13.9. The summed E-state index contributed by atoms with van der Waals surface area (Å²) in [6, 6.07) is 0.894. The van der Waals surface area contributed by atoms with Crippen molar-refractivity contribution in [1.29, 1.82) is 0 Å². The van der Waals surface area contributed by atoms with Gasteiger partial charge in [-0.25, -0.2) is 0 Å². The molecule has 0 saturated heterocycles. The molecule has 182 valence electrons. The van der Waals surface area contributed by atoms with E-state index < -0.39 is 8.80 Å². The molecule has 0 unspecified atom stereocenters. The van der Waals surface area contributed by atoms with Crippen LogP contribution in [0.2, 0.25) is 6.04 Å². The number of allylic oxidation sites excluding steroid dienone is 2. The largest absolute Gasteiger partial charge is 1.00 e. The number of quaternary nitrogens is 1. The molecule has 6 heteroatoms. The topological polar surface area (TPSA) is 27.7 Å². The van der Waals surface area contributed by atoms with Crippen molar-refractivity contribution in [3.05, 3.63) is 12.2 Å². The lowest BCUT2D eigenvalue weighted by Gasteiger charge is -2.31. The highest BCUT2D eigenvalue weighted by Gasteiger charge is 2.37. The minimum absolute atomic E-state index is 0. The molecule has 0 spiro atoms. The van der Waals surface area contributed by atoms with Crippen LogP contribution in [-0.4, -0.2) is 61.8 Å². The maximum Gasteiger partial charge on any atom is 0.500 e. The van der Waals surface area contributed by atoms with Crippen molar-refractivity contribution in [1.82, 2.24) is 0 Å². The Balaban J connectivity index is 0. The molecule has 0 rings (SSSR count). The Morgan fingerprint density at radius 3 is 1.57 bits per heavy atom. The first kappa shape index (κ1) is 32.3. The third kappa shape index (κ3) is 17.7. The summed E-state index contributed by atoms with van der Waals surface area (Å²) in [5, 5.41) is 0. The molecule has 0 heterocycles. The Labute approximate surface area is 196 Å². The molecule has 0 saturated carbocycles. The molecule has 0 bridgehead atoms. The lowest BCUT2D eigenvalue weighted by molar-refractivity contribution is -0.890. The van der Waals surface area contributed by atoms with Crippen molar-refractivity contribution in [3.63, 3.8) is 0 Å². The average molecular weight is 466 g/mol. The fourth-order valence-electron chi connectivity index (χ4n) is 3.83. The average Bonchev–Trinajstić information content (AvgIpc) is 2.71. The molecule has 0 atom stereocenters. The first-order valence-corrected chi connectivity index (χ1v) is 14.0. The van der Waals surface area contributed by atoms with Crippen molar-refractivity contribution in [2.75, 3.05) is 48.5 Å². The minimum Gasteiger partial charge on any atom is -1.00 e. The Hall–Kier alpha value is 0.0869. The number of hydrogen-bond acceptors (Lipinski definition) is 3. The van der Waals surface area contributed by atoms with E-state index in [1.54, 1.807) is 21.3 Å². The second-order valence-electron chi connectivity index (χ2n) is 9.01. The van der Waals surface area contributed by atoms with Gasteiger partial charge in [0.2, 0.25) is 0 Å². The number of nitrogens with zero attached hydrogens (tertiary/aromatic N) is 1. The fourth-order valence-corrected chi connectivity index (χ4v) is 5.53. The molecule has 0 N–H and O–H groups in total. The van der Waals surface area contributed by atoms with Gasteiger partial charge in [-0.2, -0.15) is 0 Å². The zero-order chi connectivity index (χ0) is 21.8. The maximum atomic E-state index is 5.52. The van der Waals surface area contributed by atoms with E-state index in [1.807, 2.05) is 0 Å². The van der Waals surface area contributed by atoms with Gasteiger partial charge < -0.3 is 30.2 Å². The van der Waals surface area contributed by atoms with E-state index in [-0.39, 0.29) is 12.4 Å². The molecule has 30 heavy (non-hydrogen) atoms. The summed E-state index contributed by atoms with van der Waals surface area (Å²) in [7, 11) is 7.37. The van der Waals surface area contributed by atoms with Crippen LogP contribution in [-0.2, 0) is 13.3 Å². The number of unbranched alkanes of at least 4 members (excludes halogenated alkanes) is 10. The van der Waals surface area contributed by atoms with E-state index in [1.165, 1.54) is 83.6 Å². The third-order valence-electron chi connectivity index (χ3n) is 5.95. The highest BCUT2D eigenvalue weighted by atomic mass is 35.5. The van der Waals surface area contributed by atoms with Crippen LogP contribution in [0.25, 0.3) is 0 Å². The highest BCUT2D eigenvalue weighted by molar-refractivity contribution is 6.60. The second kappa shape index (κ2) is 21.0. The van der Waals surface area contributed by atoms with Gasteiger partial charge in [-0.15, -0.1) is 0 Å². The van der Waals surface area contributed by atoms with Gasteiger partial charge in [-0.1, -0.05) is 57.6 Å². The summed E-state index contributed by atoms with van der Waals surface area (Å²) in [6.45, 7) is 4.67. The van der Waals surface area contributed by atoms with E-state index in [9.17, 15) is 0 Å². The predicted molar refractivity (Wildman–Crippen MR) is 128 cm³/mol. The lowest BCUT2D eigenvalue weighted by Crippen LogP contribution is -3.00. The maximum absolute atomic E-state index is 5.52. The first-order valence-electron chi connectivity index (χ1n) is 12.1. The van der Waals surface area contributed by atoms with Crippen LogP contribution >= 0.6 is 0 Å². The van der Waals surface area contributed by atoms with Crippen LogP contribution in [0.5, 0.6) is 0 Å². The summed E-state index contributed by atoms with van der Waals surface area (Å²) in [6.07, 6.45) is 22.1. The molecule has 0 radical (unpaired) electrons. The van der Waals surface area contributed by atoms with Crippen LogP contribution < -0.4 is 12.4 Å². The molecule has 0 aliphatic carbocycles. The van der Waals surface area contributed by atoms with E-state index >= 15 is 0 Å². The standard InChI is InChI=1S/C24H52NO3Si.ClH/c1-7-8-9-10-11-12-13-14-15-16-17-18-19-20-22-25(2,3)23-21-24-29(26-4,27-5)28-6;/h12-13H,7-11,14-24H2,1-6H3;1H/q+1;/p-1/b13-12-;. The molecule has 0 aromatic rings. The van der Waals surface area contributed by atoms with E-state index in [0.29, 0.717) is 0 Å². The van der Waals surface area contributed by atoms with Crippen LogP contribution in [0.1, 0.15) is 90.4 Å². The minimum atomic E-state index is -2.41. The van der Waals surface area contributed by atoms with Crippen LogP contribution in [0.4, 0.5) is 0 Å². The van der Waals surface area contributed by atoms with Gasteiger partial charge in [0.05, 0.1) is 27.2 Å². The number of hydrogen-bond donors (Lipinski definition) is 0. The van der Waals surface area contributed by atoms with Gasteiger partial charge >= 0.3 is 8.80 Å². The summed E-state index contributed by atoms with van der Waals surface area (Å²) in [5.74, 6) is 0. The van der Waals surface area contributed by atoms with E-state index in [2.05, 4.69) is 33.2 Å². The lowest BCUT2D eigenvalue weighted by atomic mass is 10.1. The Morgan fingerprint density at radius 1 is 0.633 bits per heavy atom. The van der Waals surface area contributed by atoms with Crippen LogP contribution in [0.3, 0.4) is 0 Å². The van der Waals surface area contributed by atoms with Gasteiger partial charge in [0.25, 0.3) is 0 Å². The van der Waals surface area contributed by atoms with Crippen molar-refractivity contribution < 1.29 is 30.2 Å². The summed E-state index contributed by atoms with van der Waals surface area (Å²) >= 11 is 0. The van der Waals surface area contributed by atoms with Gasteiger partial charge in [0, 0.05) is 33.8 Å². The van der Waals surface area contributed by atoms with E-state index in [0.717, 1.165) is 23.5 Å². The molecular formula is C24H52ClNO3Si. The zero-order valence-corrected chi connectivity index (χ0v) is 22.8. The highest BCUT2D eigenvalue weighted by Crippen LogP contribution is 2.17. The summed E-state index contributed by atoms with van der Waals surface area (Å²) < 4.78 is 17.6. The molecular weight excluding hydrogens is 414 g/mol. The third-order valence-corrected chi connectivity index (χ3v) is 8.79. The zero-order valence-electron chi connectivity index (χ0n) is 21.0. The molecule has 0 amide bonds. The SMILES string of the molecule is CCCCCC/C=C\CCCCCCCC[N+](C)(C)CCC[Si](OC)(OC)OC.[Cl-]. The van der Waals surface area contributed by atoms with Crippen molar-refractivity contribution in [3.8, 4) is 0 Å². The van der Waals surface area contributed by atoms with Crippen molar-refractivity contribution in [2.24, 2.45) is 0 Å². The number of halogens is 1. The monoisotopic (exact) mass is 465 g/mol. The van der Waals surface area contributed by atoms with Crippen LogP contribution in [0, 0.1) is 0 Å². The van der Waals surface area contributed by atoms with Gasteiger partial charge in [-0.05, 0) is 38.5 Å².